The van der Waals surface area contributed by atoms with Crippen molar-refractivity contribution in [2.24, 2.45) is 0 Å². The second-order valence-corrected chi connectivity index (χ2v) is 7.74. The van der Waals surface area contributed by atoms with Gasteiger partial charge in [0.25, 0.3) is 11.8 Å². The van der Waals surface area contributed by atoms with Gasteiger partial charge in [0.1, 0.15) is 5.70 Å². The van der Waals surface area contributed by atoms with E-state index >= 15 is 0 Å². The van der Waals surface area contributed by atoms with Crippen LogP contribution in [-0.2, 0) is 14.3 Å². The summed E-state index contributed by atoms with van der Waals surface area (Å²) in [4.78, 5) is 27.6. The third-order valence-corrected chi connectivity index (χ3v) is 4.93. The molecule has 1 aliphatic heterocycles. The molecule has 0 radical (unpaired) electrons. The van der Waals surface area contributed by atoms with Gasteiger partial charge in [0.15, 0.2) is 0 Å². The summed E-state index contributed by atoms with van der Waals surface area (Å²) in [5.41, 5.74) is 5.46. The molecule has 3 rings (SSSR count). The third kappa shape index (κ3) is 4.57. The summed E-state index contributed by atoms with van der Waals surface area (Å²) in [6.45, 7) is 10.4. The lowest BCUT2D eigenvalue weighted by atomic mass is 10.0. The van der Waals surface area contributed by atoms with Gasteiger partial charge in [-0.1, -0.05) is 42.0 Å². The van der Waals surface area contributed by atoms with Crippen LogP contribution in [0.1, 0.15) is 36.1 Å². The Balaban J connectivity index is 1.99. The van der Waals surface area contributed by atoms with Crippen molar-refractivity contribution >= 4 is 23.1 Å². The average Bonchev–Trinajstić information content (AvgIpc) is 2.89. The maximum Gasteiger partial charge on any atom is 0.278 e. The van der Waals surface area contributed by atoms with Crippen LogP contribution in [0.2, 0.25) is 0 Å². The number of rotatable bonds is 7. The van der Waals surface area contributed by atoms with E-state index in [1.165, 1.54) is 4.90 Å². The minimum atomic E-state index is -0.321. The van der Waals surface area contributed by atoms with E-state index < -0.39 is 0 Å². The van der Waals surface area contributed by atoms with Gasteiger partial charge >= 0.3 is 0 Å². The Morgan fingerprint density at radius 2 is 1.59 bits per heavy atom. The molecule has 0 aliphatic carbocycles. The molecule has 0 saturated carbocycles. The molecule has 2 aromatic carbocycles. The highest BCUT2D eigenvalue weighted by molar-refractivity contribution is 6.36. The number of anilines is 1. The van der Waals surface area contributed by atoms with Crippen molar-refractivity contribution in [1.82, 2.24) is 4.90 Å². The SMILES string of the molecule is Cc1ccc(C2=C(Nc3cc(C)ccc3C)C(=O)N(CCOC(C)C)C2=O)cc1. The maximum absolute atomic E-state index is 13.2. The van der Waals surface area contributed by atoms with Crippen LogP contribution < -0.4 is 5.32 Å². The first kappa shape index (κ1) is 20.8. The van der Waals surface area contributed by atoms with Gasteiger partial charge in [0.05, 0.1) is 24.8 Å². The number of hydrogen-bond donors (Lipinski definition) is 1. The molecule has 2 amide bonds. The molecule has 0 aromatic heterocycles. The van der Waals surface area contributed by atoms with Gasteiger partial charge in [-0.05, 0) is 57.4 Å². The molecule has 2 aromatic rings. The van der Waals surface area contributed by atoms with E-state index in [1.54, 1.807) is 0 Å². The number of nitrogens with zero attached hydrogens (tertiary/aromatic N) is 1. The third-order valence-electron chi connectivity index (χ3n) is 4.93. The van der Waals surface area contributed by atoms with Gasteiger partial charge in [-0.2, -0.15) is 0 Å². The molecule has 0 bridgehead atoms. The molecule has 1 N–H and O–H groups in total. The predicted molar refractivity (Wildman–Crippen MR) is 115 cm³/mol. The Hall–Kier alpha value is -2.92. The van der Waals surface area contributed by atoms with E-state index in [4.69, 9.17) is 4.74 Å². The van der Waals surface area contributed by atoms with E-state index in [2.05, 4.69) is 5.32 Å². The van der Waals surface area contributed by atoms with Crippen molar-refractivity contribution in [3.63, 3.8) is 0 Å². The molecule has 0 unspecified atom stereocenters. The van der Waals surface area contributed by atoms with Crippen LogP contribution in [-0.4, -0.2) is 36.0 Å². The van der Waals surface area contributed by atoms with Crippen LogP contribution in [0.15, 0.2) is 48.2 Å². The van der Waals surface area contributed by atoms with Gasteiger partial charge in [-0.3, -0.25) is 14.5 Å². The zero-order valence-corrected chi connectivity index (χ0v) is 17.7. The molecule has 29 heavy (non-hydrogen) atoms. The zero-order chi connectivity index (χ0) is 21.1. The standard InChI is InChI=1S/C24H28N2O3/c1-15(2)29-13-12-26-23(27)21(19-10-7-16(3)8-11-19)22(24(26)28)25-20-14-17(4)6-9-18(20)5/h6-11,14-15,25H,12-13H2,1-5H3. The van der Waals surface area contributed by atoms with Crippen molar-refractivity contribution in [2.75, 3.05) is 18.5 Å². The number of aryl methyl sites for hydroxylation is 3. The van der Waals surface area contributed by atoms with Gasteiger partial charge in [-0.15, -0.1) is 0 Å². The van der Waals surface area contributed by atoms with Gasteiger partial charge in [0, 0.05) is 5.69 Å². The summed E-state index contributed by atoms with van der Waals surface area (Å²) in [7, 11) is 0. The lowest BCUT2D eigenvalue weighted by Crippen LogP contribution is -2.35. The molecule has 0 atom stereocenters. The number of nitrogens with one attached hydrogen (secondary N) is 1. The number of hydrogen-bond acceptors (Lipinski definition) is 4. The number of benzene rings is 2. The highest BCUT2D eigenvalue weighted by Gasteiger charge is 2.39. The van der Waals surface area contributed by atoms with Gasteiger partial charge < -0.3 is 10.1 Å². The molecule has 152 valence electrons. The Bertz CT molecular complexity index is 959. The van der Waals surface area contributed by atoms with Crippen LogP contribution >= 0.6 is 0 Å². The topological polar surface area (TPSA) is 58.6 Å². The van der Waals surface area contributed by atoms with Crippen molar-refractivity contribution in [1.29, 1.82) is 0 Å². The molecule has 0 saturated heterocycles. The van der Waals surface area contributed by atoms with Crippen molar-refractivity contribution in [3.8, 4) is 0 Å². The zero-order valence-electron chi connectivity index (χ0n) is 17.7. The summed E-state index contributed by atoms with van der Waals surface area (Å²) in [5, 5.41) is 3.25. The number of carbonyl (C=O) groups is 2. The fraction of sp³-hybridized carbons (Fsp3) is 0.333. The minimum absolute atomic E-state index is 0.0416. The van der Waals surface area contributed by atoms with Crippen LogP contribution in [0, 0.1) is 20.8 Å². The lowest BCUT2D eigenvalue weighted by molar-refractivity contribution is -0.137. The Labute approximate surface area is 172 Å². The van der Waals surface area contributed by atoms with E-state index in [9.17, 15) is 9.59 Å². The Morgan fingerprint density at radius 3 is 2.24 bits per heavy atom. The summed E-state index contributed by atoms with van der Waals surface area (Å²) in [6, 6.07) is 13.7. The predicted octanol–water partition coefficient (Wildman–Crippen LogP) is 4.23. The first-order chi connectivity index (χ1) is 13.8. The van der Waals surface area contributed by atoms with E-state index in [1.807, 2.05) is 77.1 Å². The number of amides is 2. The molecule has 1 aliphatic rings. The smallest absolute Gasteiger partial charge is 0.278 e. The molecule has 0 fully saturated rings. The lowest BCUT2D eigenvalue weighted by Gasteiger charge is -2.17. The monoisotopic (exact) mass is 392 g/mol. The van der Waals surface area contributed by atoms with Crippen LogP contribution in [0.5, 0.6) is 0 Å². The fourth-order valence-corrected chi connectivity index (χ4v) is 3.27. The molecule has 0 spiro atoms. The van der Waals surface area contributed by atoms with Gasteiger partial charge in [0.2, 0.25) is 0 Å². The van der Waals surface area contributed by atoms with Crippen molar-refractivity contribution in [2.45, 2.75) is 40.7 Å². The highest BCUT2D eigenvalue weighted by atomic mass is 16.5. The van der Waals surface area contributed by atoms with Crippen LogP contribution in [0.25, 0.3) is 5.57 Å². The molecular weight excluding hydrogens is 364 g/mol. The van der Waals surface area contributed by atoms with Crippen molar-refractivity contribution in [3.05, 3.63) is 70.4 Å². The second kappa shape index (κ2) is 8.62. The van der Waals surface area contributed by atoms with E-state index in [-0.39, 0.29) is 24.5 Å². The molecule has 5 heteroatoms. The molecule has 1 heterocycles. The number of ether oxygens (including phenoxy) is 1. The fourth-order valence-electron chi connectivity index (χ4n) is 3.27. The molecule has 5 nitrogen and oxygen atoms in total. The average molecular weight is 392 g/mol. The summed E-state index contributed by atoms with van der Waals surface area (Å²) in [5.74, 6) is -0.613. The normalized spacial score (nSPS) is 14.3. The summed E-state index contributed by atoms with van der Waals surface area (Å²) >= 11 is 0. The molecular formula is C24H28N2O3. The van der Waals surface area contributed by atoms with Crippen LogP contribution in [0.3, 0.4) is 0 Å². The number of imide groups is 1. The Morgan fingerprint density at radius 1 is 0.931 bits per heavy atom. The highest BCUT2D eigenvalue weighted by Crippen LogP contribution is 2.31. The second-order valence-electron chi connectivity index (χ2n) is 7.74. The summed E-state index contributed by atoms with van der Waals surface area (Å²) in [6.07, 6.45) is 0.0416. The Kier molecular flexibility index (Phi) is 6.18. The van der Waals surface area contributed by atoms with Crippen LogP contribution in [0.4, 0.5) is 5.69 Å². The maximum atomic E-state index is 13.2. The van der Waals surface area contributed by atoms with Gasteiger partial charge in [-0.25, -0.2) is 0 Å². The quantitative estimate of drug-likeness (QED) is 0.717. The van der Waals surface area contributed by atoms with Crippen molar-refractivity contribution < 1.29 is 14.3 Å². The first-order valence-corrected chi connectivity index (χ1v) is 9.91. The first-order valence-electron chi connectivity index (χ1n) is 9.91. The van der Waals surface area contributed by atoms with E-state index in [0.717, 1.165) is 27.9 Å². The largest absolute Gasteiger partial charge is 0.377 e. The number of carbonyl (C=O) groups excluding carboxylic acids is 2. The summed E-state index contributed by atoms with van der Waals surface area (Å²) < 4.78 is 5.56. The minimum Gasteiger partial charge on any atom is -0.377 e. The van der Waals surface area contributed by atoms with E-state index in [0.29, 0.717) is 17.9 Å².